The number of amides is 1. The highest BCUT2D eigenvalue weighted by atomic mass is 32.2. The third-order valence-corrected chi connectivity index (χ3v) is 6.11. The molecule has 7 heteroatoms. The molecular weight excluding hydrogens is 343 g/mol. The molecule has 5 nitrogen and oxygen atoms in total. The molecule has 0 spiro atoms. The summed E-state index contributed by atoms with van der Waals surface area (Å²) in [5.41, 5.74) is 1.69. The molecule has 1 saturated heterocycles. The van der Waals surface area contributed by atoms with E-state index in [9.17, 15) is 17.6 Å². The third kappa shape index (κ3) is 3.99. The number of para-hydroxylation sites is 1. The zero-order chi connectivity index (χ0) is 18.0. The first-order chi connectivity index (χ1) is 11.9. The Morgan fingerprint density at radius 3 is 2.48 bits per heavy atom. The maximum absolute atomic E-state index is 13.0. The quantitative estimate of drug-likeness (QED) is 0.908. The number of carbonyl (C=O) groups excluding carboxylic acids is 1. The van der Waals surface area contributed by atoms with E-state index in [0.29, 0.717) is 23.4 Å². The van der Waals surface area contributed by atoms with Gasteiger partial charge in [0.05, 0.1) is 22.8 Å². The van der Waals surface area contributed by atoms with Gasteiger partial charge in [0.1, 0.15) is 5.82 Å². The van der Waals surface area contributed by atoms with Gasteiger partial charge in [0.2, 0.25) is 0 Å². The van der Waals surface area contributed by atoms with Crippen LogP contribution in [0.15, 0.2) is 48.5 Å². The summed E-state index contributed by atoms with van der Waals surface area (Å²) in [4.78, 5) is 14.3. The molecule has 0 saturated carbocycles. The van der Waals surface area contributed by atoms with Gasteiger partial charge in [0.25, 0.3) is 5.91 Å². The Hall–Kier alpha value is -2.41. The number of nitrogens with zero attached hydrogens (tertiary/aromatic N) is 1. The highest BCUT2D eigenvalue weighted by Crippen LogP contribution is 2.24. The Morgan fingerprint density at radius 2 is 1.84 bits per heavy atom. The van der Waals surface area contributed by atoms with Crippen LogP contribution in [0.4, 0.5) is 15.8 Å². The Labute approximate surface area is 146 Å². The van der Waals surface area contributed by atoms with Gasteiger partial charge in [-0.05, 0) is 42.8 Å². The summed E-state index contributed by atoms with van der Waals surface area (Å²) < 4.78 is 36.4. The molecule has 0 bridgehead atoms. The van der Waals surface area contributed by atoms with Crippen LogP contribution in [-0.4, -0.2) is 43.8 Å². The first-order valence-corrected chi connectivity index (χ1v) is 9.77. The fraction of sp³-hybridized carbons (Fsp3) is 0.278. The summed E-state index contributed by atoms with van der Waals surface area (Å²) in [6.45, 7) is 0. The summed E-state index contributed by atoms with van der Waals surface area (Å²) in [5.74, 6) is -0.461. The molecule has 1 amide bonds. The lowest BCUT2D eigenvalue weighted by Crippen LogP contribution is -2.38. The Morgan fingerprint density at radius 1 is 1.16 bits per heavy atom. The van der Waals surface area contributed by atoms with Crippen LogP contribution in [0.2, 0.25) is 0 Å². The van der Waals surface area contributed by atoms with E-state index < -0.39 is 9.84 Å². The first-order valence-electron chi connectivity index (χ1n) is 7.95. The molecule has 1 aliphatic rings. The molecule has 1 fully saturated rings. The van der Waals surface area contributed by atoms with Gasteiger partial charge in [-0.1, -0.05) is 12.1 Å². The van der Waals surface area contributed by atoms with Crippen molar-refractivity contribution < 1.29 is 17.6 Å². The van der Waals surface area contributed by atoms with Gasteiger partial charge in [0.15, 0.2) is 9.84 Å². The Balaban J connectivity index is 1.82. The van der Waals surface area contributed by atoms with Crippen LogP contribution in [0.5, 0.6) is 0 Å². The van der Waals surface area contributed by atoms with E-state index >= 15 is 0 Å². The number of carbonyl (C=O) groups is 1. The molecule has 3 rings (SSSR count). The smallest absolute Gasteiger partial charge is 0.255 e. The zero-order valence-corrected chi connectivity index (χ0v) is 14.6. The number of benzene rings is 2. The SMILES string of the molecule is CN(C(=O)c1ccccc1Nc1ccc(F)cc1)C1CCS(=O)(=O)C1. The molecule has 1 unspecified atom stereocenters. The van der Waals surface area contributed by atoms with Gasteiger partial charge in [0, 0.05) is 18.8 Å². The van der Waals surface area contributed by atoms with E-state index in [1.54, 1.807) is 43.4 Å². The van der Waals surface area contributed by atoms with Crippen molar-refractivity contribution in [3.05, 3.63) is 59.9 Å². The van der Waals surface area contributed by atoms with E-state index in [1.807, 2.05) is 0 Å². The Kier molecular flexibility index (Phi) is 4.76. The minimum Gasteiger partial charge on any atom is -0.355 e. The fourth-order valence-electron chi connectivity index (χ4n) is 2.90. The number of hydrogen-bond donors (Lipinski definition) is 1. The maximum Gasteiger partial charge on any atom is 0.255 e. The highest BCUT2D eigenvalue weighted by Gasteiger charge is 2.33. The van der Waals surface area contributed by atoms with Gasteiger partial charge >= 0.3 is 0 Å². The number of halogens is 1. The number of rotatable bonds is 4. The van der Waals surface area contributed by atoms with Gasteiger partial charge in [-0.3, -0.25) is 4.79 Å². The van der Waals surface area contributed by atoms with E-state index in [-0.39, 0.29) is 29.3 Å². The molecule has 2 aromatic carbocycles. The van der Waals surface area contributed by atoms with Crippen LogP contribution in [0, 0.1) is 5.82 Å². The summed E-state index contributed by atoms with van der Waals surface area (Å²) in [5, 5.41) is 3.11. The van der Waals surface area contributed by atoms with Gasteiger partial charge in [-0.15, -0.1) is 0 Å². The molecule has 0 aliphatic carbocycles. The van der Waals surface area contributed by atoms with E-state index in [4.69, 9.17) is 0 Å². The van der Waals surface area contributed by atoms with Crippen LogP contribution in [-0.2, 0) is 9.84 Å². The minimum absolute atomic E-state index is 0.00278. The van der Waals surface area contributed by atoms with E-state index in [0.717, 1.165) is 0 Å². The van der Waals surface area contributed by atoms with Crippen LogP contribution in [0.3, 0.4) is 0 Å². The molecule has 132 valence electrons. The average molecular weight is 362 g/mol. The molecule has 1 N–H and O–H groups in total. The van der Waals surface area contributed by atoms with Crippen molar-refractivity contribution >= 4 is 27.1 Å². The second-order valence-corrected chi connectivity index (χ2v) is 8.38. The second-order valence-electron chi connectivity index (χ2n) is 6.15. The summed E-state index contributed by atoms with van der Waals surface area (Å²) >= 11 is 0. The lowest BCUT2D eigenvalue weighted by molar-refractivity contribution is 0.0748. The summed E-state index contributed by atoms with van der Waals surface area (Å²) in [7, 11) is -1.44. The van der Waals surface area contributed by atoms with Crippen molar-refractivity contribution in [3.63, 3.8) is 0 Å². The van der Waals surface area contributed by atoms with Crippen molar-refractivity contribution in [2.75, 3.05) is 23.9 Å². The van der Waals surface area contributed by atoms with E-state index in [1.165, 1.54) is 17.0 Å². The average Bonchev–Trinajstić information content (AvgIpc) is 2.96. The van der Waals surface area contributed by atoms with Crippen LogP contribution in [0.1, 0.15) is 16.8 Å². The van der Waals surface area contributed by atoms with Crippen molar-refractivity contribution in [1.29, 1.82) is 0 Å². The molecule has 1 atom stereocenters. The third-order valence-electron chi connectivity index (χ3n) is 4.36. The fourth-order valence-corrected chi connectivity index (χ4v) is 4.68. The predicted molar refractivity (Wildman–Crippen MR) is 95.3 cm³/mol. The van der Waals surface area contributed by atoms with Gasteiger partial charge < -0.3 is 10.2 Å². The summed E-state index contributed by atoms with van der Waals surface area (Å²) in [6.07, 6.45) is 0.456. The molecule has 0 aromatic heterocycles. The molecular formula is C18H19FN2O3S. The molecule has 0 radical (unpaired) electrons. The largest absolute Gasteiger partial charge is 0.355 e. The lowest BCUT2D eigenvalue weighted by Gasteiger charge is -2.24. The van der Waals surface area contributed by atoms with Crippen molar-refractivity contribution in [2.45, 2.75) is 12.5 Å². The monoisotopic (exact) mass is 362 g/mol. The first kappa shape index (κ1) is 17.4. The number of nitrogens with one attached hydrogen (secondary N) is 1. The van der Waals surface area contributed by atoms with Gasteiger partial charge in [-0.25, -0.2) is 12.8 Å². The standard InChI is InChI=1S/C18H19FN2O3S/c1-21(15-10-11-25(23,24)12-15)18(22)16-4-2-3-5-17(16)20-14-8-6-13(19)7-9-14/h2-9,15,20H,10-12H2,1H3. The second kappa shape index (κ2) is 6.84. The Bertz CT molecular complexity index is 881. The lowest BCUT2D eigenvalue weighted by atomic mass is 10.1. The molecule has 2 aromatic rings. The number of anilines is 2. The minimum atomic E-state index is -3.06. The summed E-state index contributed by atoms with van der Waals surface area (Å²) in [6, 6.07) is 12.5. The van der Waals surface area contributed by atoms with Crippen molar-refractivity contribution in [2.24, 2.45) is 0 Å². The van der Waals surface area contributed by atoms with Crippen molar-refractivity contribution in [3.8, 4) is 0 Å². The van der Waals surface area contributed by atoms with Crippen LogP contribution < -0.4 is 5.32 Å². The maximum atomic E-state index is 13.0. The zero-order valence-electron chi connectivity index (χ0n) is 13.8. The number of hydrogen-bond acceptors (Lipinski definition) is 4. The van der Waals surface area contributed by atoms with Gasteiger partial charge in [-0.2, -0.15) is 0 Å². The molecule has 25 heavy (non-hydrogen) atoms. The number of sulfone groups is 1. The normalized spacial score (nSPS) is 18.7. The van der Waals surface area contributed by atoms with E-state index in [2.05, 4.69) is 5.32 Å². The predicted octanol–water partition coefficient (Wildman–Crippen LogP) is 2.83. The van der Waals surface area contributed by atoms with Crippen LogP contribution >= 0.6 is 0 Å². The van der Waals surface area contributed by atoms with Crippen molar-refractivity contribution in [1.82, 2.24) is 4.90 Å². The topological polar surface area (TPSA) is 66.5 Å². The molecule has 1 heterocycles. The van der Waals surface area contributed by atoms with Crippen LogP contribution in [0.25, 0.3) is 0 Å². The molecule has 1 aliphatic heterocycles. The highest BCUT2D eigenvalue weighted by molar-refractivity contribution is 7.91.